The third kappa shape index (κ3) is 5.19. The zero-order chi connectivity index (χ0) is 25.4. The Labute approximate surface area is 224 Å². The van der Waals surface area contributed by atoms with Gasteiger partial charge >= 0.3 is 6.03 Å². The van der Waals surface area contributed by atoms with Gasteiger partial charge in [-0.15, -0.1) is 0 Å². The van der Waals surface area contributed by atoms with Gasteiger partial charge in [-0.05, 0) is 25.8 Å². The number of aromatic nitrogens is 2. The summed E-state index contributed by atoms with van der Waals surface area (Å²) in [6.07, 6.45) is 5.33. The Morgan fingerprint density at radius 2 is 1.70 bits per heavy atom. The van der Waals surface area contributed by atoms with E-state index in [-0.39, 0.29) is 18.5 Å². The highest BCUT2D eigenvalue weighted by Crippen LogP contribution is 2.37. The molecule has 37 heavy (non-hydrogen) atoms. The lowest BCUT2D eigenvalue weighted by Gasteiger charge is -2.38. The van der Waals surface area contributed by atoms with Gasteiger partial charge in [-0.25, -0.2) is 14.8 Å². The third-order valence-electron chi connectivity index (χ3n) is 7.78. The standard InChI is InChI=1S/C25H34N8O2S2/c1-16-21-18(36-23(29-21)26-6-8-33-9-7-27-25(33)35)14-19-22(16)30-24(37-19)28-15-20(34)32-12-10-31(11-13-32)17-4-2-3-5-17/h14,17H,2-13,15H2,1H3,(H,26,29)(H,27,35)(H,28,30). The van der Waals surface area contributed by atoms with Crippen LogP contribution in [0.15, 0.2) is 6.07 Å². The minimum absolute atomic E-state index is 0.00117. The molecule has 1 aliphatic carbocycles. The largest absolute Gasteiger partial charge is 0.360 e. The van der Waals surface area contributed by atoms with E-state index in [4.69, 9.17) is 9.97 Å². The summed E-state index contributed by atoms with van der Waals surface area (Å²) in [6, 6.07) is 2.87. The number of urea groups is 1. The average Bonchev–Trinajstić information content (AvgIpc) is 3.71. The molecule has 198 valence electrons. The molecular formula is C25H34N8O2S2. The van der Waals surface area contributed by atoms with Crippen LogP contribution in [0.4, 0.5) is 15.1 Å². The Morgan fingerprint density at radius 1 is 1.03 bits per heavy atom. The van der Waals surface area contributed by atoms with E-state index in [1.807, 2.05) is 4.90 Å². The molecule has 2 aromatic heterocycles. The molecule has 0 unspecified atom stereocenters. The average molecular weight is 543 g/mol. The number of hydrogen-bond acceptors (Lipinski definition) is 9. The highest BCUT2D eigenvalue weighted by atomic mass is 32.1. The van der Waals surface area contributed by atoms with Crippen molar-refractivity contribution in [3.63, 3.8) is 0 Å². The Morgan fingerprint density at radius 3 is 2.35 bits per heavy atom. The van der Waals surface area contributed by atoms with Crippen molar-refractivity contribution in [2.24, 2.45) is 0 Å². The van der Waals surface area contributed by atoms with Gasteiger partial charge in [0, 0.05) is 64.0 Å². The van der Waals surface area contributed by atoms with Crippen LogP contribution in [-0.2, 0) is 4.79 Å². The fourth-order valence-corrected chi connectivity index (χ4v) is 7.70. The van der Waals surface area contributed by atoms with Gasteiger partial charge in [0.1, 0.15) is 0 Å². The van der Waals surface area contributed by atoms with Crippen LogP contribution in [0.2, 0.25) is 0 Å². The van der Waals surface area contributed by atoms with Gasteiger partial charge in [-0.1, -0.05) is 35.5 Å². The van der Waals surface area contributed by atoms with Crippen molar-refractivity contribution < 1.29 is 9.59 Å². The number of nitrogens with one attached hydrogen (secondary N) is 3. The number of anilines is 2. The molecule has 3 aromatic rings. The van der Waals surface area contributed by atoms with Crippen molar-refractivity contribution in [2.75, 3.05) is 69.5 Å². The SMILES string of the molecule is Cc1c2nc(NCCN3CCNC3=O)sc2cc2sc(NCC(=O)N3CCN(C4CCCC4)CC3)nc12. The maximum Gasteiger partial charge on any atom is 0.317 e. The van der Waals surface area contributed by atoms with Crippen LogP contribution >= 0.6 is 22.7 Å². The molecular weight excluding hydrogens is 508 g/mol. The lowest BCUT2D eigenvalue weighted by Crippen LogP contribution is -2.52. The summed E-state index contributed by atoms with van der Waals surface area (Å²) < 4.78 is 2.20. The summed E-state index contributed by atoms with van der Waals surface area (Å²) in [5, 5.41) is 11.1. The molecule has 1 saturated carbocycles. The lowest BCUT2D eigenvalue weighted by atomic mass is 10.2. The van der Waals surface area contributed by atoms with Crippen LogP contribution in [-0.4, -0.2) is 102 Å². The zero-order valence-electron chi connectivity index (χ0n) is 21.2. The highest BCUT2D eigenvalue weighted by Gasteiger charge is 2.28. The molecule has 2 saturated heterocycles. The predicted molar refractivity (Wildman–Crippen MR) is 150 cm³/mol. The summed E-state index contributed by atoms with van der Waals surface area (Å²) in [6.45, 7) is 8.73. The number of amides is 3. The second-order valence-electron chi connectivity index (χ2n) is 10.1. The van der Waals surface area contributed by atoms with Gasteiger partial charge in [0.2, 0.25) is 5.91 Å². The molecule has 3 N–H and O–H groups in total. The number of piperazine rings is 1. The maximum absolute atomic E-state index is 12.8. The Bertz CT molecular complexity index is 1290. The third-order valence-corrected chi connectivity index (χ3v) is 9.70. The fraction of sp³-hybridized carbons (Fsp3) is 0.600. The first-order valence-corrected chi connectivity index (χ1v) is 14.9. The molecule has 0 atom stereocenters. The minimum Gasteiger partial charge on any atom is -0.360 e. The van der Waals surface area contributed by atoms with Crippen LogP contribution in [0.25, 0.3) is 20.4 Å². The van der Waals surface area contributed by atoms with E-state index in [0.29, 0.717) is 19.6 Å². The molecule has 6 rings (SSSR count). The Hall–Kier alpha value is -2.70. The summed E-state index contributed by atoms with van der Waals surface area (Å²) in [4.78, 5) is 40.5. The monoisotopic (exact) mass is 542 g/mol. The van der Waals surface area contributed by atoms with E-state index < -0.39 is 0 Å². The van der Waals surface area contributed by atoms with Crippen LogP contribution in [0.1, 0.15) is 31.2 Å². The number of benzene rings is 1. The fourth-order valence-electron chi connectivity index (χ4n) is 5.67. The van der Waals surface area contributed by atoms with Crippen LogP contribution < -0.4 is 16.0 Å². The number of hydrogen-bond donors (Lipinski definition) is 3. The molecule has 3 aliphatic rings. The quantitative estimate of drug-likeness (QED) is 0.402. The number of fused-ring (bicyclic) bond motifs is 2. The number of carbonyl (C=O) groups is 2. The molecule has 10 nitrogen and oxygen atoms in total. The number of carbonyl (C=O) groups excluding carboxylic acids is 2. The van der Waals surface area contributed by atoms with Crippen LogP contribution in [0.5, 0.6) is 0 Å². The van der Waals surface area contributed by atoms with Gasteiger partial charge in [0.25, 0.3) is 0 Å². The Kier molecular flexibility index (Phi) is 7.04. The number of rotatable bonds is 8. The van der Waals surface area contributed by atoms with Crippen LogP contribution in [0, 0.1) is 6.92 Å². The molecule has 2 aliphatic heterocycles. The summed E-state index contributed by atoms with van der Waals surface area (Å²) in [5.41, 5.74) is 2.93. The molecule has 12 heteroatoms. The lowest BCUT2D eigenvalue weighted by molar-refractivity contribution is -0.131. The van der Waals surface area contributed by atoms with Gasteiger partial charge in [-0.2, -0.15) is 0 Å². The van der Waals surface area contributed by atoms with E-state index >= 15 is 0 Å². The van der Waals surface area contributed by atoms with E-state index in [1.165, 1.54) is 25.7 Å². The van der Waals surface area contributed by atoms with Crippen molar-refractivity contribution in [2.45, 2.75) is 38.6 Å². The molecule has 0 bridgehead atoms. The molecule has 3 amide bonds. The van der Waals surface area contributed by atoms with Gasteiger partial charge in [-0.3, -0.25) is 9.69 Å². The van der Waals surface area contributed by atoms with E-state index in [1.54, 1.807) is 27.6 Å². The van der Waals surface area contributed by atoms with Crippen LogP contribution in [0.3, 0.4) is 0 Å². The van der Waals surface area contributed by atoms with Gasteiger partial charge in [0.05, 0.1) is 27.0 Å². The minimum atomic E-state index is 0.00117. The molecule has 0 spiro atoms. The number of nitrogens with zero attached hydrogens (tertiary/aromatic N) is 5. The van der Waals surface area contributed by atoms with Crippen molar-refractivity contribution in [1.82, 2.24) is 30.0 Å². The molecule has 3 fully saturated rings. The molecule has 4 heterocycles. The van der Waals surface area contributed by atoms with Crippen molar-refractivity contribution in [3.8, 4) is 0 Å². The number of thiazole rings is 2. The second-order valence-corrected chi connectivity index (χ2v) is 12.1. The zero-order valence-corrected chi connectivity index (χ0v) is 22.8. The first-order chi connectivity index (χ1) is 18.0. The molecule has 1 aromatic carbocycles. The maximum atomic E-state index is 12.8. The van der Waals surface area contributed by atoms with Crippen molar-refractivity contribution in [3.05, 3.63) is 11.6 Å². The normalized spacial score (nSPS) is 19.3. The van der Waals surface area contributed by atoms with Crippen molar-refractivity contribution >= 4 is 65.3 Å². The smallest absolute Gasteiger partial charge is 0.317 e. The molecule has 0 radical (unpaired) electrons. The van der Waals surface area contributed by atoms with E-state index in [0.717, 1.165) is 75.0 Å². The van der Waals surface area contributed by atoms with E-state index in [9.17, 15) is 9.59 Å². The first-order valence-electron chi connectivity index (χ1n) is 13.3. The predicted octanol–water partition coefficient (Wildman–Crippen LogP) is 3.15. The first kappa shape index (κ1) is 24.6. The summed E-state index contributed by atoms with van der Waals surface area (Å²) >= 11 is 3.20. The number of aryl methyl sites for hydroxylation is 1. The Balaban J connectivity index is 1.05. The second kappa shape index (κ2) is 10.6. The van der Waals surface area contributed by atoms with Gasteiger partial charge < -0.3 is 25.8 Å². The van der Waals surface area contributed by atoms with Crippen molar-refractivity contribution in [1.29, 1.82) is 0 Å². The summed E-state index contributed by atoms with van der Waals surface area (Å²) in [7, 11) is 0. The van der Waals surface area contributed by atoms with E-state index in [2.05, 4.69) is 33.8 Å². The summed E-state index contributed by atoms with van der Waals surface area (Å²) in [5.74, 6) is 0.145. The van der Waals surface area contributed by atoms with Gasteiger partial charge in [0.15, 0.2) is 10.3 Å². The topological polar surface area (TPSA) is 106 Å². The highest BCUT2D eigenvalue weighted by molar-refractivity contribution is 7.24.